The number of carboxylic acids is 1. The van der Waals surface area contributed by atoms with E-state index in [1.165, 1.54) is 6.42 Å². The number of aromatic nitrogens is 1. The minimum atomic E-state index is -0.992. The summed E-state index contributed by atoms with van der Waals surface area (Å²) in [5.74, 6) is -0.898. The highest BCUT2D eigenvalue weighted by Crippen LogP contribution is 2.33. The number of rotatable bonds is 9. The van der Waals surface area contributed by atoms with Crippen molar-refractivity contribution < 1.29 is 15.0 Å². The average Bonchev–Trinajstić information content (AvgIpc) is 2.69. The zero-order chi connectivity index (χ0) is 19.8. The van der Waals surface area contributed by atoms with Crippen LogP contribution in [0.2, 0.25) is 0 Å². The maximum absolute atomic E-state index is 10.9. The number of hydrogen-bond acceptors (Lipinski definition) is 6. The van der Waals surface area contributed by atoms with E-state index in [0.29, 0.717) is 18.9 Å². The number of pyridine rings is 1. The molecular weight excluding hydrogens is 356 g/mol. The lowest BCUT2D eigenvalue weighted by Crippen LogP contribution is -2.52. The lowest BCUT2D eigenvalue weighted by Gasteiger charge is -2.44. The van der Waals surface area contributed by atoms with Gasteiger partial charge in [0.15, 0.2) is 0 Å². The molecule has 2 aliphatic rings. The fourth-order valence-electron chi connectivity index (χ4n) is 4.48. The van der Waals surface area contributed by atoms with Crippen molar-refractivity contribution in [2.24, 2.45) is 0 Å². The van der Waals surface area contributed by atoms with Gasteiger partial charge in [-0.05, 0) is 57.2 Å². The number of carbonyl (C=O) groups is 1. The number of nitrogens with one attached hydrogen (secondary N) is 1. The van der Waals surface area contributed by atoms with Crippen LogP contribution in [0.4, 0.5) is 5.69 Å². The molecule has 1 aliphatic heterocycles. The van der Waals surface area contributed by atoms with E-state index in [-0.39, 0.29) is 6.42 Å². The topological polar surface area (TPSA) is 88.9 Å². The van der Waals surface area contributed by atoms with Crippen molar-refractivity contribution in [2.45, 2.75) is 56.6 Å². The van der Waals surface area contributed by atoms with Crippen LogP contribution in [0.3, 0.4) is 0 Å². The number of unbranched alkanes of at least 4 members (excludes halogenated alkanes) is 1. The number of anilines is 1. The largest absolute Gasteiger partial charge is 0.481 e. The summed E-state index contributed by atoms with van der Waals surface area (Å²) in [6.07, 6.45) is 8.88. The molecule has 156 valence electrons. The molecule has 28 heavy (non-hydrogen) atoms. The molecule has 0 bridgehead atoms. The van der Waals surface area contributed by atoms with Crippen LogP contribution in [0, 0.1) is 0 Å². The van der Waals surface area contributed by atoms with Gasteiger partial charge in [-0.15, -0.1) is 0 Å². The van der Waals surface area contributed by atoms with E-state index in [9.17, 15) is 9.90 Å². The summed E-state index contributed by atoms with van der Waals surface area (Å²) in [6, 6.07) is 4.49. The SMILES string of the molecule is O=C(O)CC1(O)CCC(N2CCN(CCCCNc3ccncc3)CC2)CC1. The molecule has 0 radical (unpaired) electrons. The van der Waals surface area contributed by atoms with Gasteiger partial charge in [0.25, 0.3) is 0 Å². The molecule has 0 amide bonds. The van der Waals surface area contributed by atoms with Crippen molar-refractivity contribution in [1.82, 2.24) is 14.8 Å². The zero-order valence-corrected chi connectivity index (χ0v) is 16.7. The molecule has 7 nitrogen and oxygen atoms in total. The summed E-state index contributed by atoms with van der Waals surface area (Å²) in [5, 5.41) is 22.8. The predicted octanol–water partition coefficient (Wildman–Crippen LogP) is 2.04. The predicted molar refractivity (Wildman–Crippen MR) is 109 cm³/mol. The normalized spacial score (nSPS) is 26.8. The van der Waals surface area contributed by atoms with Crippen LogP contribution in [0.15, 0.2) is 24.5 Å². The van der Waals surface area contributed by atoms with E-state index in [4.69, 9.17) is 5.11 Å². The Morgan fingerprint density at radius 2 is 1.82 bits per heavy atom. The fraction of sp³-hybridized carbons (Fsp3) is 0.714. The first-order valence-electron chi connectivity index (χ1n) is 10.6. The minimum Gasteiger partial charge on any atom is -0.481 e. The Kier molecular flexibility index (Phi) is 7.65. The van der Waals surface area contributed by atoms with Gasteiger partial charge in [-0.1, -0.05) is 0 Å². The highest BCUT2D eigenvalue weighted by molar-refractivity contribution is 5.68. The third-order valence-corrected chi connectivity index (χ3v) is 6.20. The molecule has 3 rings (SSSR count). The maximum atomic E-state index is 10.9. The standard InChI is InChI=1S/C21H34N4O3/c26-20(27)17-21(28)7-3-19(4-8-21)25-15-13-24(14-16-25)12-2-1-9-23-18-5-10-22-11-6-18/h5-6,10-11,19,28H,1-4,7-9,12-17H2,(H,22,23)(H,26,27). The van der Waals surface area contributed by atoms with Crippen LogP contribution in [-0.4, -0.2) is 81.9 Å². The summed E-state index contributed by atoms with van der Waals surface area (Å²) in [7, 11) is 0. The fourth-order valence-corrected chi connectivity index (χ4v) is 4.48. The minimum absolute atomic E-state index is 0.122. The Morgan fingerprint density at radius 1 is 1.14 bits per heavy atom. The quantitative estimate of drug-likeness (QED) is 0.556. The Morgan fingerprint density at radius 3 is 2.46 bits per heavy atom. The van der Waals surface area contributed by atoms with Gasteiger partial charge in [0, 0.05) is 56.8 Å². The van der Waals surface area contributed by atoms with Crippen molar-refractivity contribution in [3.05, 3.63) is 24.5 Å². The van der Waals surface area contributed by atoms with Gasteiger partial charge in [-0.2, -0.15) is 0 Å². The van der Waals surface area contributed by atoms with Crippen LogP contribution in [0.25, 0.3) is 0 Å². The molecule has 1 aromatic rings. The Balaban J connectivity index is 1.27. The smallest absolute Gasteiger partial charge is 0.306 e. The summed E-state index contributed by atoms with van der Waals surface area (Å²) in [6.45, 7) is 6.51. The number of piperazine rings is 1. The van der Waals surface area contributed by atoms with Gasteiger partial charge in [-0.3, -0.25) is 14.7 Å². The molecule has 7 heteroatoms. The third kappa shape index (κ3) is 6.43. The van der Waals surface area contributed by atoms with E-state index in [1.807, 2.05) is 12.1 Å². The molecule has 1 aliphatic carbocycles. The highest BCUT2D eigenvalue weighted by Gasteiger charge is 2.37. The second-order valence-corrected chi connectivity index (χ2v) is 8.27. The molecule has 2 fully saturated rings. The molecule has 3 N–H and O–H groups in total. The first-order chi connectivity index (χ1) is 13.5. The van der Waals surface area contributed by atoms with Crippen LogP contribution in [0.1, 0.15) is 44.9 Å². The lowest BCUT2D eigenvalue weighted by molar-refractivity contribution is -0.144. The number of hydrogen-bond donors (Lipinski definition) is 3. The molecule has 1 aromatic heterocycles. The van der Waals surface area contributed by atoms with E-state index in [2.05, 4.69) is 20.1 Å². The summed E-state index contributed by atoms with van der Waals surface area (Å²) in [4.78, 5) is 20.0. The van der Waals surface area contributed by atoms with Gasteiger partial charge < -0.3 is 20.4 Å². The van der Waals surface area contributed by atoms with Crippen LogP contribution in [0.5, 0.6) is 0 Å². The third-order valence-electron chi connectivity index (χ3n) is 6.20. The van der Waals surface area contributed by atoms with Crippen molar-refractivity contribution in [3.63, 3.8) is 0 Å². The highest BCUT2D eigenvalue weighted by atomic mass is 16.4. The molecule has 0 unspecified atom stereocenters. The number of carboxylic acid groups (broad SMARTS) is 1. The van der Waals surface area contributed by atoms with Crippen molar-refractivity contribution in [2.75, 3.05) is 44.6 Å². The summed E-state index contributed by atoms with van der Waals surface area (Å²) >= 11 is 0. The van der Waals surface area contributed by atoms with Crippen LogP contribution >= 0.6 is 0 Å². The van der Waals surface area contributed by atoms with Gasteiger partial charge >= 0.3 is 5.97 Å². The van der Waals surface area contributed by atoms with Crippen molar-refractivity contribution in [1.29, 1.82) is 0 Å². The van der Waals surface area contributed by atoms with Gasteiger partial charge in [0.1, 0.15) is 0 Å². The van der Waals surface area contributed by atoms with E-state index in [1.54, 1.807) is 12.4 Å². The number of nitrogens with zero attached hydrogens (tertiary/aromatic N) is 3. The molecule has 2 heterocycles. The Labute approximate surface area is 167 Å². The van der Waals surface area contributed by atoms with E-state index >= 15 is 0 Å². The first-order valence-corrected chi connectivity index (χ1v) is 10.6. The molecule has 0 aromatic carbocycles. The zero-order valence-electron chi connectivity index (χ0n) is 16.7. The Hall–Kier alpha value is -1.70. The van der Waals surface area contributed by atoms with Gasteiger partial charge in [0.2, 0.25) is 0 Å². The molecule has 0 spiro atoms. The molecular formula is C21H34N4O3. The molecule has 1 saturated carbocycles. The van der Waals surface area contributed by atoms with Crippen molar-refractivity contribution >= 4 is 11.7 Å². The van der Waals surface area contributed by atoms with Gasteiger partial charge in [0.05, 0.1) is 12.0 Å². The molecule has 0 atom stereocenters. The Bertz CT molecular complexity index is 597. The average molecular weight is 391 g/mol. The number of aliphatic carboxylic acids is 1. The molecule has 1 saturated heterocycles. The first kappa shape index (κ1) is 21.0. The van der Waals surface area contributed by atoms with Crippen LogP contribution in [-0.2, 0) is 4.79 Å². The van der Waals surface area contributed by atoms with E-state index in [0.717, 1.165) is 64.2 Å². The van der Waals surface area contributed by atoms with Gasteiger partial charge in [-0.25, -0.2) is 0 Å². The second kappa shape index (κ2) is 10.2. The maximum Gasteiger partial charge on any atom is 0.306 e. The van der Waals surface area contributed by atoms with E-state index < -0.39 is 11.6 Å². The lowest BCUT2D eigenvalue weighted by atomic mass is 9.79. The van der Waals surface area contributed by atoms with Crippen molar-refractivity contribution in [3.8, 4) is 0 Å². The summed E-state index contributed by atoms with van der Waals surface area (Å²) < 4.78 is 0. The second-order valence-electron chi connectivity index (χ2n) is 8.27. The monoisotopic (exact) mass is 390 g/mol. The van der Waals surface area contributed by atoms with Crippen LogP contribution < -0.4 is 5.32 Å². The summed E-state index contributed by atoms with van der Waals surface area (Å²) in [5.41, 5.74) is 0.139. The number of aliphatic hydroxyl groups is 1.